The van der Waals surface area contributed by atoms with Gasteiger partial charge in [0.15, 0.2) is 0 Å². The smallest absolute Gasteiger partial charge is 0.133 e. The van der Waals surface area contributed by atoms with E-state index in [2.05, 4.69) is 12.2 Å². The van der Waals surface area contributed by atoms with Gasteiger partial charge in [-0.3, -0.25) is 0 Å². The molecule has 1 aromatic heterocycles. The van der Waals surface area contributed by atoms with Crippen molar-refractivity contribution in [1.82, 2.24) is 5.32 Å². The summed E-state index contributed by atoms with van der Waals surface area (Å²) in [7, 11) is 0. The van der Waals surface area contributed by atoms with E-state index in [0.717, 1.165) is 5.92 Å². The first-order valence-electron chi connectivity index (χ1n) is 7.22. The molecule has 1 aliphatic carbocycles. The van der Waals surface area contributed by atoms with Gasteiger partial charge in [-0.15, -0.1) is 0 Å². The zero-order chi connectivity index (χ0) is 12.8. The van der Waals surface area contributed by atoms with Crippen LogP contribution < -0.4 is 5.32 Å². The minimum Gasteiger partial charge on any atom is -0.467 e. The lowest BCUT2D eigenvalue weighted by Crippen LogP contribution is -2.36. The molecule has 2 N–H and O–H groups in total. The topological polar surface area (TPSA) is 45.4 Å². The van der Waals surface area contributed by atoms with E-state index in [1.165, 1.54) is 38.5 Å². The van der Waals surface area contributed by atoms with E-state index in [1.54, 1.807) is 6.26 Å². The number of hydrogen-bond donors (Lipinski definition) is 2. The van der Waals surface area contributed by atoms with Gasteiger partial charge in [-0.1, -0.05) is 25.7 Å². The molecular weight excluding hydrogens is 226 g/mol. The molecule has 0 bridgehead atoms. The van der Waals surface area contributed by atoms with Crippen molar-refractivity contribution in [2.24, 2.45) is 5.92 Å². The fourth-order valence-electron chi connectivity index (χ4n) is 2.86. The third-order valence-corrected chi connectivity index (χ3v) is 4.11. The van der Waals surface area contributed by atoms with Gasteiger partial charge in [0.05, 0.1) is 6.26 Å². The largest absolute Gasteiger partial charge is 0.467 e. The lowest BCUT2D eigenvalue weighted by Gasteiger charge is -2.24. The van der Waals surface area contributed by atoms with E-state index in [0.29, 0.717) is 18.3 Å². The monoisotopic (exact) mass is 251 g/mol. The van der Waals surface area contributed by atoms with Crippen molar-refractivity contribution in [2.45, 2.75) is 57.6 Å². The second-order valence-electron chi connectivity index (χ2n) is 5.48. The van der Waals surface area contributed by atoms with E-state index >= 15 is 0 Å². The Bertz CT molecular complexity index is 315. The Morgan fingerprint density at radius 2 is 2.06 bits per heavy atom. The van der Waals surface area contributed by atoms with Crippen LogP contribution in [-0.2, 0) is 0 Å². The number of nitrogens with one attached hydrogen (secondary N) is 1. The second kappa shape index (κ2) is 6.95. The third-order valence-electron chi connectivity index (χ3n) is 4.11. The number of rotatable bonds is 5. The van der Waals surface area contributed by atoms with Gasteiger partial charge in [0.25, 0.3) is 0 Å². The summed E-state index contributed by atoms with van der Waals surface area (Å²) in [6.45, 7) is 2.82. The van der Waals surface area contributed by atoms with Crippen LogP contribution in [0.15, 0.2) is 22.8 Å². The Balaban J connectivity index is 1.75. The summed E-state index contributed by atoms with van der Waals surface area (Å²) in [6.07, 6.45) is 9.21. The molecule has 3 nitrogen and oxygen atoms in total. The number of aliphatic hydroxyl groups is 1. The van der Waals surface area contributed by atoms with E-state index in [9.17, 15) is 5.11 Å². The fraction of sp³-hybridized carbons (Fsp3) is 0.733. The maximum atomic E-state index is 9.96. The maximum absolute atomic E-state index is 9.96. The summed E-state index contributed by atoms with van der Waals surface area (Å²) in [5.74, 6) is 1.41. The van der Waals surface area contributed by atoms with Gasteiger partial charge in [-0.2, -0.15) is 0 Å². The molecule has 1 heterocycles. The van der Waals surface area contributed by atoms with Crippen molar-refractivity contribution in [3.05, 3.63) is 24.2 Å². The van der Waals surface area contributed by atoms with Gasteiger partial charge in [0.1, 0.15) is 11.9 Å². The van der Waals surface area contributed by atoms with Crippen molar-refractivity contribution < 1.29 is 9.52 Å². The molecule has 2 rings (SSSR count). The van der Waals surface area contributed by atoms with Crippen LogP contribution in [0.1, 0.15) is 57.3 Å². The van der Waals surface area contributed by atoms with Crippen LogP contribution in [-0.4, -0.2) is 17.7 Å². The van der Waals surface area contributed by atoms with Gasteiger partial charge >= 0.3 is 0 Å². The fourth-order valence-corrected chi connectivity index (χ4v) is 2.86. The molecule has 0 aromatic carbocycles. The molecule has 3 heteroatoms. The Hall–Kier alpha value is -0.800. The molecule has 18 heavy (non-hydrogen) atoms. The van der Waals surface area contributed by atoms with Crippen molar-refractivity contribution in [2.75, 3.05) is 6.54 Å². The molecule has 0 aliphatic heterocycles. The number of hydrogen-bond acceptors (Lipinski definition) is 3. The van der Waals surface area contributed by atoms with Crippen molar-refractivity contribution in [3.8, 4) is 0 Å². The Morgan fingerprint density at radius 3 is 2.67 bits per heavy atom. The SMILES string of the molecule is C[C@@H](NCC(O)c1ccco1)C1CCCCCC1. The lowest BCUT2D eigenvalue weighted by atomic mass is 9.93. The average Bonchev–Trinajstić information content (AvgIpc) is 2.78. The summed E-state index contributed by atoms with van der Waals surface area (Å²) in [5.41, 5.74) is 0. The molecule has 0 spiro atoms. The van der Waals surface area contributed by atoms with Crippen LogP contribution in [0.5, 0.6) is 0 Å². The highest BCUT2D eigenvalue weighted by molar-refractivity contribution is 5.02. The first-order chi connectivity index (χ1) is 8.77. The zero-order valence-corrected chi connectivity index (χ0v) is 11.3. The minimum atomic E-state index is -0.534. The molecule has 1 saturated carbocycles. The molecule has 0 amide bonds. The zero-order valence-electron chi connectivity index (χ0n) is 11.3. The summed E-state index contributed by atoms with van der Waals surface area (Å²) in [5, 5.41) is 13.4. The van der Waals surface area contributed by atoms with Crippen LogP contribution in [0, 0.1) is 5.92 Å². The molecule has 1 unspecified atom stereocenters. The lowest BCUT2D eigenvalue weighted by molar-refractivity contribution is 0.139. The van der Waals surface area contributed by atoms with Gasteiger partial charge in [0.2, 0.25) is 0 Å². The predicted octanol–water partition coefficient (Wildman–Crippen LogP) is 3.26. The van der Waals surface area contributed by atoms with Crippen LogP contribution in [0.3, 0.4) is 0 Å². The van der Waals surface area contributed by atoms with Crippen LogP contribution in [0.25, 0.3) is 0 Å². The highest BCUT2D eigenvalue weighted by Gasteiger charge is 2.20. The molecule has 102 valence electrons. The first-order valence-corrected chi connectivity index (χ1v) is 7.22. The van der Waals surface area contributed by atoms with Crippen LogP contribution in [0.2, 0.25) is 0 Å². The number of furan rings is 1. The van der Waals surface area contributed by atoms with Crippen molar-refractivity contribution in [3.63, 3.8) is 0 Å². The Labute approximate surface area is 110 Å². The van der Waals surface area contributed by atoms with Crippen molar-refractivity contribution >= 4 is 0 Å². The standard InChI is InChI=1S/C15H25NO2/c1-12(13-7-4-2-3-5-8-13)16-11-14(17)15-9-6-10-18-15/h6,9-10,12-14,16-17H,2-5,7-8,11H2,1H3/t12-,14?/m1/s1. The normalized spacial score (nSPS) is 21.4. The average molecular weight is 251 g/mol. The molecule has 1 aliphatic rings. The summed E-state index contributed by atoms with van der Waals surface area (Å²) < 4.78 is 5.20. The van der Waals surface area contributed by atoms with E-state index < -0.39 is 6.10 Å². The quantitative estimate of drug-likeness (QED) is 0.790. The van der Waals surface area contributed by atoms with E-state index in [1.807, 2.05) is 12.1 Å². The molecule has 1 aromatic rings. The maximum Gasteiger partial charge on any atom is 0.133 e. The molecule has 0 radical (unpaired) electrons. The van der Waals surface area contributed by atoms with Crippen molar-refractivity contribution in [1.29, 1.82) is 0 Å². The number of aliphatic hydroxyl groups excluding tert-OH is 1. The van der Waals surface area contributed by atoms with Gasteiger partial charge in [0, 0.05) is 12.6 Å². The van der Waals surface area contributed by atoms with Gasteiger partial charge < -0.3 is 14.8 Å². The second-order valence-corrected chi connectivity index (χ2v) is 5.48. The van der Waals surface area contributed by atoms with Gasteiger partial charge in [-0.05, 0) is 37.8 Å². The molecular formula is C15H25NO2. The summed E-state index contributed by atoms with van der Waals surface area (Å²) >= 11 is 0. The van der Waals surface area contributed by atoms with Crippen LogP contribution in [0.4, 0.5) is 0 Å². The van der Waals surface area contributed by atoms with E-state index in [4.69, 9.17) is 4.42 Å². The molecule has 0 saturated heterocycles. The molecule has 1 fully saturated rings. The molecule has 2 atom stereocenters. The van der Waals surface area contributed by atoms with Crippen LogP contribution >= 0.6 is 0 Å². The Kier molecular flexibility index (Phi) is 5.26. The minimum absolute atomic E-state index is 0.479. The Morgan fingerprint density at radius 1 is 1.33 bits per heavy atom. The summed E-state index contributed by atoms with van der Waals surface area (Å²) in [4.78, 5) is 0. The third kappa shape index (κ3) is 3.85. The summed E-state index contributed by atoms with van der Waals surface area (Å²) in [6, 6.07) is 4.11. The predicted molar refractivity (Wildman–Crippen MR) is 72.3 cm³/mol. The van der Waals surface area contributed by atoms with E-state index in [-0.39, 0.29) is 0 Å². The van der Waals surface area contributed by atoms with Gasteiger partial charge in [-0.25, -0.2) is 0 Å². The first kappa shape index (κ1) is 13.6. The highest BCUT2D eigenvalue weighted by Crippen LogP contribution is 2.25. The highest BCUT2D eigenvalue weighted by atomic mass is 16.4.